The fraction of sp³-hybridized carbons (Fsp3) is 0.364. The normalized spacial score (nSPS) is 13.4. The van der Waals surface area contributed by atoms with Crippen LogP contribution in [0.15, 0.2) is 48.5 Å². The Morgan fingerprint density at radius 1 is 1.04 bits per heavy atom. The van der Waals surface area contributed by atoms with Crippen LogP contribution in [0.5, 0.6) is 0 Å². The summed E-state index contributed by atoms with van der Waals surface area (Å²) in [5, 5.41) is 2.93. The molecule has 0 radical (unpaired) electrons. The molecule has 136 valence electrons. The Labute approximate surface area is 155 Å². The molecule has 0 aliphatic carbocycles. The van der Waals surface area contributed by atoms with E-state index >= 15 is 0 Å². The van der Waals surface area contributed by atoms with Gasteiger partial charge in [-0.1, -0.05) is 44.2 Å². The highest BCUT2D eigenvalue weighted by Gasteiger charge is 2.22. The lowest BCUT2D eigenvalue weighted by Crippen LogP contribution is -2.36. The largest absolute Gasteiger partial charge is 0.352 e. The van der Waals surface area contributed by atoms with Crippen molar-refractivity contribution in [2.75, 3.05) is 13.1 Å². The van der Waals surface area contributed by atoms with Crippen molar-refractivity contribution in [1.29, 1.82) is 0 Å². The van der Waals surface area contributed by atoms with E-state index in [1.807, 2.05) is 17.0 Å². The monoisotopic (exact) mass is 350 g/mol. The minimum atomic E-state index is -0.121. The second-order valence-electron chi connectivity index (χ2n) is 7.26. The van der Waals surface area contributed by atoms with Crippen molar-refractivity contribution in [1.82, 2.24) is 10.2 Å². The predicted octanol–water partition coefficient (Wildman–Crippen LogP) is 3.66. The number of carbonyl (C=O) groups excluding carboxylic acids is 2. The molecule has 0 unspecified atom stereocenters. The summed E-state index contributed by atoms with van der Waals surface area (Å²) < 4.78 is 0. The van der Waals surface area contributed by atoms with E-state index in [0.29, 0.717) is 36.7 Å². The van der Waals surface area contributed by atoms with Gasteiger partial charge in [-0.3, -0.25) is 9.59 Å². The number of benzene rings is 2. The molecule has 4 heteroatoms. The van der Waals surface area contributed by atoms with E-state index in [-0.39, 0.29) is 11.8 Å². The molecule has 0 atom stereocenters. The molecule has 0 bridgehead atoms. The number of amides is 2. The van der Waals surface area contributed by atoms with Gasteiger partial charge in [0.05, 0.1) is 0 Å². The summed E-state index contributed by atoms with van der Waals surface area (Å²) >= 11 is 0. The fourth-order valence-electron chi connectivity index (χ4n) is 3.22. The van der Waals surface area contributed by atoms with Gasteiger partial charge in [0.1, 0.15) is 0 Å². The van der Waals surface area contributed by atoms with E-state index in [1.165, 1.54) is 11.1 Å². The van der Waals surface area contributed by atoms with Gasteiger partial charge in [0.2, 0.25) is 0 Å². The first-order valence-corrected chi connectivity index (χ1v) is 9.29. The van der Waals surface area contributed by atoms with Gasteiger partial charge in [-0.25, -0.2) is 0 Å². The van der Waals surface area contributed by atoms with Crippen molar-refractivity contribution >= 4 is 11.8 Å². The number of hydrogen-bond acceptors (Lipinski definition) is 2. The lowest BCUT2D eigenvalue weighted by Gasteiger charge is -2.29. The maximum Gasteiger partial charge on any atom is 0.254 e. The van der Waals surface area contributed by atoms with Crippen molar-refractivity contribution < 1.29 is 9.59 Å². The number of hydrogen-bond donors (Lipinski definition) is 1. The van der Waals surface area contributed by atoms with Crippen LogP contribution in [0.2, 0.25) is 0 Å². The number of fused-ring (bicyclic) bond motifs is 1. The molecule has 1 aliphatic rings. The SMILES string of the molecule is CC(C)CCNC(=O)c1cccc(C(=O)N2CCc3ccccc3C2)c1. The number of nitrogens with one attached hydrogen (secondary N) is 1. The van der Waals surface area contributed by atoms with E-state index in [4.69, 9.17) is 0 Å². The molecular weight excluding hydrogens is 324 g/mol. The summed E-state index contributed by atoms with van der Waals surface area (Å²) in [5.74, 6) is 0.408. The van der Waals surface area contributed by atoms with Crippen LogP contribution >= 0.6 is 0 Å². The minimum absolute atomic E-state index is 0.0173. The van der Waals surface area contributed by atoms with Crippen LogP contribution in [0.4, 0.5) is 0 Å². The van der Waals surface area contributed by atoms with Gasteiger partial charge in [-0.05, 0) is 48.1 Å². The molecule has 1 N–H and O–H groups in total. The van der Waals surface area contributed by atoms with Crippen molar-refractivity contribution in [3.05, 3.63) is 70.8 Å². The standard InChI is InChI=1S/C22H26N2O2/c1-16(2)10-12-23-21(25)18-8-5-9-19(14-18)22(26)24-13-11-17-6-3-4-7-20(17)15-24/h3-9,14,16H,10-13,15H2,1-2H3,(H,23,25). The second-order valence-corrected chi connectivity index (χ2v) is 7.26. The Kier molecular flexibility index (Phi) is 5.71. The molecule has 1 heterocycles. The first-order valence-electron chi connectivity index (χ1n) is 9.29. The molecular formula is C22H26N2O2. The highest BCUT2D eigenvalue weighted by Crippen LogP contribution is 2.20. The topological polar surface area (TPSA) is 49.4 Å². The number of nitrogens with zero attached hydrogens (tertiary/aromatic N) is 1. The molecule has 3 rings (SSSR count). The highest BCUT2D eigenvalue weighted by atomic mass is 16.2. The average molecular weight is 350 g/mol. The molecule has 2 aromatic rings. The Balaban J connectivity index is 1.68. The van der Waals surface area contributed by atoms with Crippen LogP contribution in [0, 0.1) is 5.92 Å². The molecule has 2 aromatic carbocycles. The van der Waals surface area contributed by atoms with Crippen LogP contribution < -0.4 is 5.32 Å². The molecule has 0 saturated heterocycles. The summed E-state index contributed by atoms with van der Waals surface area (Å²) in [7, 11) is 0. The van der Waals surface area contributed by atoms with E-state index in [9.17, 15) is 9.59 Å². The molecule has 0 aromatic heterocycles. The highest BCUT2D eigenvalue weighted by molar-refractivity contribution is 5.99. The lowest BCUT2D eigenvalue weighted by molar-refractivity contribution is 0.0734. The zero-order valence-electron chi connectivity index (χ0n) is 15.5. The van der Waals surface area contributed by atoms with Crippen LogP contribution in [0.1, 0.15) is 52.1 Å². The van der Waals surface area contributed by atoms with E-state index in [1.54, 1.807) is 24.3 Å². The van der Waals surface area contributed by atoms with Crippen LogP contribution in [-0.2, 0) is 13.0 Å². The van der Waals surface area contributed by atoms with Crippen molar-refractivity contribution in [2.45, 2.75) is 33.2 Å². The third kappa shape index (κ3) is 4.31. The van der Waals surface area contributed by atoms with Gasteiger partial charge in [0.15, 0.2) is 0 Å². The predicted molar refractivity (Wildman–Crippen MR) is 103 cm³/mol. The summed E-state index contributed by atoms with van der Waals surface area (Å²) in [6.45, 7) is 6.24. The lowest BCUT2D eigenvalue weighted by atomic mass is 9.99. The zero-order chi connectivity index (χ0) is 18.5. The van der Waals surface area contributed by atoms with E-state index < -0.39 is 0 Å². The van der Waals surface area contributed by atoms with Gasteiger partial charge in [0.25, 0.3) is 11.8 Å². The molecule has 0 spiro atoms. The Morgan fingerprint density at radius 3 is 2.54 bits per heavy atom. The van der Waals surface area contributed by atoms with Gasteiger partial charge in [0, 0.05) is 30.8 Å². The maximum absolute atomic E-state index is 12.9. The Morgan fingerprint density at radius 2 is 1.77 bits per heavy atom. The molecule has 0 fully saturated rings. The first-order chi connectivity index (χ1) is 12.5. The van der Waals surface area contributed by atoms with Gasteiger partial charge >= 0.3 is 0 Å². The van der Waals surface area contributed by atoms with Crippen LogP contribution in [-0.4, -0.2) is 29.8 Å². The van der Waals surface area contributed by atoms with Gasteiger partial charge in [-0.2, -0.15) is 0 Å². The third-order valence-electron chi connectivity index (χ3n) is 4.80. The van der Waals surface area contributed by atoms with Crippen LogP contribution in [0.3, 0.4) is 0 Å². The summed E-state index contributed by atoms with van der Waals surface area (Å²) in [5.41, 5.74) is 3.63. The molecule has 26 heavy (non-hydrogen) atoms. The maximum atomic E-state index is 12.9. The molecule has 2 amide bonds. The first kappa shape index (κ1) is 18.2. The average Bonchev–Trinajstić information content (AvgIpc) is 2.66. The number of carbonyl (C=O) groups is 2. The molecule has 0 saturated carbocycles. The van der Waals surface area contributed by atoms with Crippen molar-refractivity contribution in [2.24, 2.45) is 5.92 Å². The summed E-state index contributed by atoms with van der Waals surface area (Å²) in [4.78, 5) is 27.0. The smallest absolute Gasteiger partial charge is 0.254 e. The van der Waals surface area contributed by atoms with E-state index in [0.717, 1.165) is 12.8 Å². The second kappa shape index (κ2) is 8.17. The molecule has 4 nitrogen and oxygen atoms in total. The Bertz CT molecular complexity index is 798. The summed E-state index contributed by atoms with van der Waals surface area (Å²) in [6, 6.07) is 15.3. The third-order valence-corrected chi connectivity index (χ3v) is 4.80. The quantitative estimate of drug-likeness (QED) is 0.895. The Hall–Kier alpha value is -2.62. The summed E-state index contributed by atoms with van der Waals surface area (Å²) in [6.07, 6.45) is 1.81. The zero-order valence-corrected chi connectivity index (χ0v) is 15.5. The van der Waals surface area contributed by atoms with Crippen molar-refractivity contribution in [3.63, 3.8) is 0 Å². The van der Waals surface area contributed by atoms with Gasteiger partial charge in [-0.15, -0.1) is 0 Å². The van der Waals surface area contributed by atoms with Crippen LogP contribution in [0.25, 0.3) is 0 Å². The van der Waals surface area contributed by atoms with Crippen molar-refractivity contribution in [3.8, 4) is 0 Å². The minimum Gasteiger partial charge on any atom is -0.352 e. The molecule has 1 aliphatic heterocycles. The van der Waals surface area contributed by atoms with E-state index in [2.05, 4.69) is 31.3 Å². The number of rotatable bonds is 5. The van der Waals surface area contributed by atoms with Gasteiger partial charge < -0.3 is 10.2 Å². The fourth-order valence-corrected chi connectivity index (χ4v) is 3.22.